The average molecular weight is 992 g/mol. The fraction of sp³-hybridized carbons (Fsp3) is 0.540. The molecule has 0 heterocycles. The number of alkyl carbamates (subject to hydrolysis) is 1. The number of carbonyl (C=O) groups is 11. The molecular formula is C50H73N9O12. The van der Waals surface area contributed by atoms with Crippen LogP contribution in [0.25, 0.3) is 0 Å². The fourth-order valence-electron chi connectivity index (χ4n) is 6.78. The third kappa shape index (κ3) is 25.8. The zero-order valence-electron chi connectivity index (χ0n) is 42.3. The standard InChI is InChI=1S/C50H73N9O12/c1-30(2)22-37(45(66)52-26-32(5)60)57-47(68)39(24-34-16-12-10-13-17-34)55-42(63)28-51-41(62)21-20-36(59-49(70)71-50(7,8)9)44(65)54-29-43(64)56-40(25-35-18-14-11-15-19-35)48(69)58-38(23-31(3)4)46(67)53-27-33(6)61/h10-19,30-31,36-40H,20-29H2,1-9H3,(H,51,62)(H,52,66)(H,53,67)(H,54,65)(H,55,63)(H,56,64)(H,57,68)(H,58,69)(H,59,70). The molecule has 21 nitrogen and oxygen atoms in total. The van der Waals surface area contributed by atoms with E-state index in [1.807, 2.05) is 27.7 Å². The molecule has 2 rings (SSSR count). The summed E-state index contributed by atoms with van der Waals surface area (Å²) in [7, 11) is 0. The Labute approximate surface area is 415 Å². The molecule has 390 valence electrons. The highest BCUT2D eigenvalue weighted by molar-refractivity contribution is 5.96. The minimum Gasteiger partial charge on any atom is -0.444 e. The Kier molecular flexibility index (Phi) is 25.7. The normalized spacial score (nSPS) is 13.2. The van der Waals surface area contributed by atoms with Crippen LogP contribution in [0.1, 0.15) is 99.1 Å². The zero-order valence-corrected chi connectivity index (χ0v) is 42.3. The van der Waals surface area contributed by atoms with E-state index in [0.717, 1.165) is 0 Å². The van der Waals surface area contributed by atoms with Crippen LogP contribution in [0.5, 0.6) is 0 Å². The molecule has 0 saturated carbocycles. The van der Waals surface area contributed by atoms with Gasteiger partial charge in [0.05, 0.1) is 26.2 Å². The molecule has 0 aliphatic carbocycles. The number of nitrogens with one attached hydrogen (secondary N) is 9. The Bertz CT molecular complexity index is 2150. The molecule has 0 saturated heterocycles. The monoisotopic (exact) mass is 992 g/mol. The van der Waals surface area contributed by atoms with Crippen molar-refractivity contribution in [1.82, 2.24) is 47.9 Å². The van der Waals surface area contributed by atoms with Gasteiger partial charge in [0.2, 0.25) is 47.3 Å². The van der Waals surface area contributed by atoms with E-state index in [1.165, 1.54) is 13.8 Å². The van der Waals surface area contributed by atoms with Crippen molar-refractivity contribution in [2.75, 3.05) is 26.2 Å². The van der Waals surface area contributed by atoms with E-state index in [1.54, 1.807) is 81.4 Å². The molecule has 21 heteroatoms. The lowest BCUT2D eigenvalue weighted by atomic mass is 10.0. The molecule has 5 unspecified atom stereocenters. The van der Waals surface area contributed by atoms with Gasteiger partial charge in [0.15, 0.2) is 0 Å². The molecule has 0 aliphatic rings. The first-order chi connectivity index (χ1) is 33.3. The van der Waals surface area contributed by atoms with Gasteiger partial charge in [0, 0.05) is 19.3 Å². The molecule has 2 aromatic carbocycles. The van der Waals surface area contributed by atoms with Crippen LogP contribution >= 0.6 is 0 Å². The fourth-order valence-corrected chi connectivity index (χ4v) is 6.78. The number of hydrogen-bond donors (Lipinski definition) is 9. The molecule has 0 spiro atoms. The quantitative estimate of drug-likeness (QED) is 0.0548. The summed E-state index contributed by atoms with van der Waals surface area (Å²) in [6.07, 6.45) is -1.23. The number of rotatable bonds is 29. The number of benzene rings is 2. The van der Waals surface area contributed by atoms with Crippen molar-refractivity contribution in [2.24, 2.45) is 11.8 Å². The van der Waals surface area contributed by atoms with Gasteiger partial charge in [-0.05, 0) is 76.8 Å². The molecule has 0 aromatic heterocycles. The van der Waals surface area contributed by atoms with Crippen LogP contribution < -0.4 is 47.9 Å². The van der Waals surface area contributed by atoms with Crippen molar-refractivity contribution in [1.29, 1.82) is 0 Å². The van der Waals surface area contributed by atoms with Crippen LogP contribution in [0.4, 0.5) is 4.79 Å². The van der Waals surface area contributed by atoms with Gasteiger partial charge >= 0.3 is 6.09 Å². The van der Waals surface area contributed by atoms with Crippen molar-refractivity contribution in [3.05, 3.63) is 71.8 Å². The van der Waals surface area contributed by atoms with E-state index in [9.17, 15) is 52.7 Å². The lowest BCUT2D eigenvalue weighted by Gasteiger charge is -2.25. The molecule has 5 atom stereocenters. The third-order valence-electron chi connectivity index (χ3n) is 10.1. The van der Waals surface area contributed by atoms with E-state index in [-0.39, 0.29) is 68.6 Å². The molecule has 71 heavy (non-hydrogen) atoms. The first-order valence-corrected chi connectivity index (χ1v) is 23.7. The maximum Gasteiger partial charge on any atom is 0.408 e. The summed E-state index contributed by atoms with van der Waals surface area (Å²) in [4.78, 5) is 142. The first kappa shape index (κ1) is 59.9. The minimum absolute atomic E-state index is 0.00727. The van der Waals surface area contributed by atoms with E-state index in [2.05, 4.69) is 47.9 Å². The lowest BCUT2D eigenvalue weighted by molar-refractivity contribution is -0.133. The van der Waals surface area contributed by atoms with Gasteiger partial charge in [-0.25, -0.2) is 4.79 Å². The Balaban J connectivity index is 2.18. The summed E-state index contributed by atoms with van der Waals surface area (Å²) >= 11 is 0. The van der Waals surface area contributed by atoms with Crippen LogP contribution in [0, 0.1) is 11.8 Å². The smallest absolute Gasteiger partial charge is 0.408 e. The van der Waals surface area contributed by atoms with Crippen LogP contribution in [-0.4, -0.2) is 127 Å². The molecular weight excluding hydrogens is 919 g/mol. The molecule has 9 amide bonds. The van der Waals surface area contributed by atoms with Gasteiger partial charge in [-0.15, -0.1) is 0 Å². The summed E-state index contributed by atoms with van der Waals surface area (Å²) in [5.74, 6) is -6.29. The number of ether oxygens (including phenoxy) is 1. The highest BCUT2D eigenvalue weighted by Gasteiger charge is 2.31. The Hall–Kier alpha value is -7.19. The average Bonchev–Trinajstić information content (AvgIpc) is 3.28. The van der Waals surface area contributed by atoms with E-state index in [4.69, 9.17) is 4.74 Å². The minimum atomic E-state index is -1.43. The Morgan fingerprint density at radius 3 is 1.21 bits per heavy atom. The summed E-state index contributed by atoms with van der Waals surface area (Å²) in [5, 5.41) is 22.9. The number of carbonyl (C=O) groups excluding carboxylic acids is 11. The van der Waals surface area contributed by atoms with E-state index < -0.39 is 109 Å². The SMILES string of the molecule is CC(=O)CNC(=O)C(CC(C)C)NC(=O)C(Cc1ccccc1)NC(=O)CNC(=O)CCC(NC(=O)OC(C)(C)C)C(=O)NCC(=O)NC(Cc1ccccc1)C(=O)NC(CC(C)C)C(=O)NCC(C)=O. The number of ketones is 2. The summed E-state index contributed by atoms with van der Waals surface area (Å²) in [6.45, 7) is 13.1. The van der Waals surface area contributed by atoms with Crippen LogP contribution in [0.3, 0.4) is 0 Å². The number of hydrogen-bond acceptors (Lipinski definition) is 12. The van der Waals surface area contributed by atoms with Gasteiger partial charge in [-0.2, -0.15) is 0 Å². The summed E-state index contributed by atoms with van der Waals surface area (Å²) in [5.41, 5.74) is 0.390. The second-order valence-corrected chi connectivity index (χ2v) is 19.1. The van der Waals surface area contributed by atoms with Crippen LogP contribution in [0.15, 0.2) is 60.7 Å². The van der Waals surface area contributed by atoms with Crippen molar-refractivity contribution >= 4 is 64.9 Å². The van der Waals surface area contributed by atoms with Crippen molar-refractivity contribution in [3.8, 4) is 0 Å². The molecule has 0 bridgehead atoms. The summed E-state index contributed by atoms with van der Waals surface area (Å²) in [6, 6.07) is 11.6. The van der Waals surface area contributed by atoms with E-state index in [0.29, 0.717) is 11.1 Å². The highest BCUT2D eigenvalue weighted by atomic mass is 16.6. The van der Waals surface area contributed by atoms with Gasteiger partial charge < -0.3 is 52.6 Å². The van der Waals surface area contributed by atoms with Gasteiger partial charge in [0.1, 0.15) is 47.4 Å². The van der Waals surface area contributed by atoms with Gasteiger partial charge in [-0.3, -0.25) is 47.9 Å². The first-order valence-electron chi connectivity index (χ1n) is 23.7. The second-order valence-electron chi connectivity index (χ2n) is 19.1. The lowest BCUT2D eigenvalue weighted by Crippen LogP contribution is -2.56. The highest BCUT2D eigenvalue weighted by Crippen LogP contribution is 2.11. The second kappa shape index (κ2) is 30.4. The Morgan fingerprint density at radius 2 is 0.831 bits per heavy atom. The molecule has 9 N–H and O–H groups in total. The van der Waals surface area contributed by atoms with Gasteiger partial charge in [0.25, 0.3) is 0 Å². The Morgan fingerprint density at radius 1 is 0.451 bits per heavy atom. The van der Waals surface area contributed by atoms with Crippen molar-refractivity contribution < 1.29 is 57.5 Å². The molecule has 0 radical (unpaired) electrons. The predicted molar refractivity (Wildman–Crippen MR) is 263 cm³/mol. The molecule has 0 fully saturated rings. The maximum atomic E-state index is 13.7. The van der Waals surface area contributed by atoms with Crippen molar-refractivity contribution in [3.63, 3.8) is 0 Å². The topological polar surface area (TPSA) is 305 Å². The van der Waals surface area contributed by atoms with Crippen molar-refractivity contribution in [2.45, 2.75) is 137 Å². The van der Waals surface area contributed by atoms with Gasteiger partial charge in [-0.1, -0.05) is 88.4 Å². The van der Waals surface area contributed by atoms with Crippen LogP contribution in [-0.2, 0) is 65.5 Å². The van der Waals surface area contributed by atoms with E-state index >= 15 is 0 Å². The summed E-state index contributed by atoms with van der Waals surface area (Å²) < 4.78 is 5.32. The number of Topliss-reactive ketones (excluding diaryl/α,β-unsaturated/α-hetero) is 2. The number of amides is 9. The maximum absolute atomic E-state index is 13.7. The largest absolute Gasteiger partial charge is 0.444 e. The zero-order chi connectivity index (χ0) is 53.3. The molecule has 2 aromatic rings. The predicted octanol–water partition coefficient (Wildman–Crippen LogP) is 0.820. The third-order valence-corrected chi connectivity index (χ3v) is 10.1. The molecule has 0 aliphatic heterocycles. The van der Waals surface area contributed by atoms with Crippen LogP contribution in [0.2, 0.25) is 0 Å².